The molecule has 166 valence electrons. The van der Waals surface area contributed by atoms with Gasteiger partial charge in [-0.3, -0.25) is 9.59 Å². The van der Waals surface area contributed by atoms with E-state index in [0.717, 1.165) is 11.1 Å². The number of fused-ring (bicyclic) bond motifs is 3. The largest absolute Gasteiger partial charge is 0.461 e. The molecule has 0 aromatic heterocycles. The molecular weight excluding hydrogens is 396 g/mol. The summed E-state index contributed by atoms with van der Waals surface area (Å²) < 4.78 is 17.3. The number of esters is 1. The molecule has 2 heterocycles. The summed E-state index contributed by atoms with van der Waals surface area (Å²) in [6.07, 6.45) is -6.35. The van der Waals surface area contributed by atoms with Gasteiger partial charge >= 0.3 is 5.97 Å². The summed E-state index contributed by atoms with van der Waals surface area (Å²) in [5.41, 5.74) is 2.26. The topological polar surface area (TPSA) is 143 Å². The maximum absolute atomic E-state index is 12.6. The van der Waals surface area contributed by atoms with Crippen molar-refractivity contribution in [3.05, 3.63) is 22.8 Å². The van der Waals surface area contributed by atoms with E-state index < -0.39 is 61.4 Å². The molecule has 9 nitrogen and oxygen atoms in total. The first-order chi connectivity index (χ1) is 14.1. The highest BCUT2D eigenvalue weighted by Crippen LogP contribution is 2.49. The first-order valence-electron chi connectivity index (χ1n) is 10.2. The predicted molar refractivity (Wildman–Crippen MR) is 101 cm³/mol. The highest BCUT2D eigenvalue weighted by Gasteiger charge is 2.56. The Morgan fingerprint density at radius 3 is 2.50 bits per heavy atom. The minimum atomic E-state index is -1.56. The molecule has 2 saturated heterocycles. The molecule has 0 radical (unpaired) electrons. The van der Waals surface area contributed by atoms with Crippen LogP contribution in [0.25, 0.3) is 0 Å². The van der Waals surface area contributed by atoms with Gasteiger partial charge < -0.3 is 34.6 Å². The molecular formula is C21H28O9. The van der Waals surface area contributed by atoms with Crippen molar-refractivity contribution < 1.29 is 44.2 Å². The van der Waals surface area contributed by atoms with Crippen molar-refractivity contribution in [1.82, 2.24) is 0 Å². The lowest BCUT2D eigenvalue weighted by Crippen LogP contribution is -2.60. The maximum atomic E-state index is 12.6. The summed E-state index contributed by atoms with van der Waals surface area (Å²) in [7, 11) is 0. The van der Waals surface area contributed by atoms with Gasteiger partial charge in [0.2, 0.25) is 0 Å². The molecule has 0 aromatic carbocycles. The Morgan fingerprint density at radius 1 is 1.13 bits per heavy atom. The number of ether oxygens (including phenoxy) is 3. The van der Waals surface area contributed by atoms with Crippen LogP contribution in [0.1, 0.15) is 27.2 Å². The summed E-state index contributed by atoms with van der Waals surface area (Å²) in [4.78, 5) is 25.0. The molecule has 0 spiro atoms. The Kier molecular flexibility index (Phi) is 5.63. The van der Waals surface area contributed by atoms with Crippen LogP contribution >= 0.6 is 0 Å². The fourth-order valence-electron chi connectivity index (χ4n) is 5.28. The Balaban J connectivity index is 1.66. The molecule has 0 saturated carbocycles. The fourth-order valence-corrected chi connectivity index (χ4v) is 5.28. The number of carbonyl (C=O) groups is 2. The third-order valence-electron chi connectivity index (χ3n) is 6.89. The lowest BCUT2D eigenvalue weighted by molar-refractivity contribution is -0.316. The second kappa shape index (κ2) is 7.81. The number of aliphatic hydroxyl groups excluding tert-OH is 4. The summed E-state index contributed by atoms with van der Waals surface area (Å²) in [6, 6.07) is 0. The van der Waals surface area contributed by atoms with Crippen LogP contribution in [0, 0.1) is 17.8 Å². The number of allylic oxidation sites excluding steroid dienone is 1. The molecule has 4 rings (SSSR count). The van der Waals surface area contributed by atoms with E-state index in [9.17, 15) is 30.0 Å². The molecule has 4 aliphatic rings. The fraction of sp³-hybridized carbons (Fsp3) is 0.714. The molecule has 9 heteroatoms. The van der Waals surface area contributed by atoms with Gasteiger partial charge in [0.15, 0.2) is 12.1 Å². The Bertz CT molecular complexity index is 800. The van der Waals surface area contributed by atoms with Gasteiger partial charge in [-0.1, -0.05) is 18.1 Å². The standard InChI is InChI=1S/C21H28O9/c1-7-4-10(23)13-8(2)5-11(15-9(3)20(27)30-19(15)14(7)13)28-21-18(26)17(25)16(24)12(6-22)29-21/h4,9,11-12,14-19,21-22,24-26H,5-6H2,1-3H3/t9-,11+,12-,14+,15-,16-,17+,18-,19-,21-/m1/s1. The third kappa shape index (κ3) is 3.24. The van der Waals surface area contributed by atoms with Crippen molar-refractivity contribution in [3.8, 4) is 0 Å². The van der Waals surface area contributed by atoms with Gasteiger partial charge in [0, 0.05) is 17.4 Å². The molecule has 2 fully saturated rings. The summed E-state index contributed by atoms with van der Waals surface area (Å²) in [5, 5.41) is 39.9. The van der Waals surface area contributed by atoms with Crippen molar-refractivity contribution in [2.75, 3.05) is 6.61 Å². The zero-order chi connectivity index (χ0) is 21.9. The Hall–Kier alpha value is -1.62. The second-order valence-electron chi connectivity index (χ2n) is 8.77. The highest BCUT2D eigenvalue weighted by atomic mass is 16.7. The van der Waals surface area contributed by atoms with E-state index >= 15 is 0 Å². The molecule has 4 N–H and O–H groups in total. The number of hydrogen-bond acceptors (Lipinski definition) is 9. The normalized spacial score (nSPS) is 46.3. The summed E-state index contributed by atoms with van der Waals surface area (Å²) in [6.45, 7) is 4.86. The third-order valence-corrected chi connectivity index (χ3v) is 6.89. The van der Waals surface area contributed by atoms with Crippen molar-refractivity contribution in [1.29, 1.82) is 0 Å². The van der Waals surface area contributed by atoms with Gasteiger partial charge in [-0.15, -0.1) is 0 Å². The van der Waals surface area contributed by atoms with E-state index in [2.05, 4.69) is 0 Å². The van der Waals surface area contributed by atoms with Gasteiger partial charge in [-0.05, 0) is 26.3 Å². The van der Waals surface area contributed by atoms with Gasteiger partial charge in [0.1, 0.15) is 30.5 Å². The van der Waals surface area contributed by atoms with Crippen LogP contribution in [-0.4, -0.2) is 81.7 Å². The number of ketones is 1. The van der Waals surface area contributed by atoms with Crippen LogP contribution in [0.3, 0.4) is 0 Å². The Labute approximate surface area is 173 Å². The minimum Gasteiger partial charge on any atom is -0.461 e. The summed E-state index contributed by atoms with van der Waals surface area (Å²) >= 11 is 0. The van der Waals surface area contributed by atoms with E-state index in [1.807, 2.05) is 13.8 Å². The second-order valence-corrected chi connectivity index (χ2v) is 8.77. The van der Waals surface area contributed by atoms with Gasteiger partial charge in [-0.2, -0.15) is 0 Å². The van der Waals surface area contributed by atoms with E-state index in [0.29, 0.717) is 12.0 Å². The maximum Gasteiger partial charge on any atom is 0.309 e. The molecule has 2 aliphatic heterocycles. The number of aliphatic hydroxyl groups is 4. The van der Waals surface area contributed by atoms with E-state index in [1.54, 1.807) is 13.0 Å². The van der Waals surface area contributed by atoms with Crippen molar-refractivity contribution >= 4 is 11.8 Å². The van der Waals surface area contributed by atoms with E-state index in [1.165, 1.54) is 0 Å². The predicted octanol–water partition coefficient (Wildman–Crippen LogP) is -0.785. The SMILES string of the molecule is CC1=CC(=O)C2=C(C)C[C@H](O[C@@H]3O[C@H](CO)[C@@H](O)[C@H](O)[C@H]3O)[C@@H]3[C@H](OC(=O)[C@@H]3C)[C@@H]12. The molecule has 30 heavy (non-hydrogen) atoms. The molecule has 0 bridgehead atoms. The molecule has 0 amide bonds. The van der Waals surface area contributed by atoms with Crippen LogP contribution in [0.4, 0.5) is 0 Å². The lowest BCUT2D eigenvalue weighted by atomic mass is 9.79. The number of hydrogen-bond donors (Lipinski definition) is 4. The van der Waals surface area contributed by atoms with Crippen LogP contribution in [0.15, 0.2) is 22.8 Å². The number of rotatable bonds is 3. The highest BCUT2D eigenvalue weighted by molar-refractivity contribution is 6.09. The van der Waals surface area contributed by atoms with Gasteiger partial charge in [0.25, 0.3) is 0 Å². The van der Waals surface area contributed by atoms with E-state index in [4.69, 9.17) is 14.2 Å². The van der Waals surface area contributed by atoms with Gasteiger partial charge in [-0.25, -0.2) is 0 Å². The minimum absolute atomic E-state index is 0.0992. The van der Waals surface area contributed by atoms with Crippen molar-refractivity contribution in [3.63, 3.8) is 0 Å². The molecule has 0 unspecified atom stereocenters. The van der Waals surface area contributed by atoms with Crippen LogP contribution in [0.2, 0.25) is 0 Å². The molecule has 0 aromatic rings. The zero-order valence-corrected chi connectivity index (χ0v) is 17.1. The quantitative estimate of drug-likeness (QED) is 0.429. The average molecular weight is 424 g/mol. The van der Waals surface area contributed by atoms with Crippen LogP contribution in [0.5, 0.6) is 0 Å². The smallest absolute Gasteiger partial charge is 0.309 e. The lowest BCUT2D eigenvalue weighted by Gasteiger charge is -2.42. The average Bonchev–Trinajstić information content (AvgIpc) is 3.11. The van der Waals surface area contributed by atoms with Crippen LogP contribution in [-0.2, 0) is 23.8 Å². The zero-order valence-electron chi connectivity index (χ0n) is 17.1. The van der Waals surface area contributed by atoms with Crippen molar-refractivity contribution in [2.45, 2.75) is 70.1 Å². The first-order valence-corrected chi connectivity index (χ1v) is 10.2. The van der Waals surface area contributed by atoms with E-state index in [-0.39, 0.29) is 17.7 Å². The monoisotopic (exact) mass is 424 g/mol. The number of carbonyl (C=O) groups excluding carboxylic acids is 2. The van der Waals surface area contributed by atoms with Gasteiger partial charge in [0.05, 0.1) is 18.6 Å². The van der Waals surface area contributed by atoms with Crippen molar-refractivity contribution in [2.24, 2.45) is 17.8 Å². The first kappa shape index (κ1) is 21.6. The van der Waals surface area contributed by atoms with Crippen LogP contribution < -0.4 is 0 Å². The Morgan fingerprint density at radius 2 is 1.83 bits per heavy atom. The molecule has 10 atom stereocenters. The summed E-state index contributed by atoms with van der Waals surface area (Å²) in [5.74, 6) is -1.71. The molecule has 2 aliphatic carbocycles.